The SMILES string of the molecule is O=S(=O)([O-])O.O=S(=O)([O-])O.O=S(=O)([O-])O.[Ir+3]. The van der Waals surface area contributed by atoms with Gasteiger partial charge in [0.2, 0.25) is 31.2 Å². The molecule has 0 heterocycles. The molecule has 16 heteroatoms. The summed E-state index contributed by atoms with van der Waals surface area (Å²) in [6.45, 7) is 0. The van der Waals surface area contributed by atoms with Gasteiger partial charge in [-0.3, -0.25) is 13.7 Å². The van der Waals surface area contributed by atoms with Gasteiger partial charge in [-0.25, -0.2) is 25.3 Å². The van der Waals surface area contributed by atoms with E-state index in [1.54, 1.807) is 0 Å². The van der Waals surface area contributed by atoms with Gasteiger partial charge in [-0.15, -0.1) is 0 Å². The van der Waals surface area contributed by atoms with E-state index in [2.05, 4.69) is 0 Å². The summed E-state index contributed by atoms with van der Waals surface area (Å²) in [5.74, 6) is 0. The molecule has 0 unspecified atom stereocenters. The Morgan fingerprint density at radius 3 is 0.562 bits per heavy atom. The maximum absolute atomic E-state index is 8.63. The first-order chi connectivity index (χ1) is 6.00. The summed E-state index contributed by atoms with van der Waals surface area (Å²) >= 11 is 0. The van der Waals surface area contributed by atoms with Crippen molar-refractivity contribution in [3.05, 3.63) is 0 Å². The van der Waals surface area contributed by atoms with E-state index in [0.29, 0.717) is 0 Å². The molecule has 16 heavy (non-hydrogen) atoms. The molecule has 0 amide bonds. The Balaban J connectivity index is -0.0000000655. The molecule has 0 aliphatic heterocycles. The van der Waals surface area contributed by atoms with E-state index in [1.807, 2.05) is 0 Å². The number of hydrogen-bond acceptors (Lipinski definition) is 9. The van der Waals surface area contributed by atoms with Crippen LogP contribution >= 0.6 is 0 Å². The predicted molar refractivity (Wildman–Crippen MR) is 37.0 cm³/mol. The van der Waals surface area contributed by atoms with E-state index in [1.165, 1.54) is 0 Å². The van der Waals surface area contributed by atoms with Gasteiger partial charge in [-0.2, -0.15) is 0 Å². The van der Waals surface area contributed by atoms with Gasteiger partial charge in [-0.1, -0.05) is 0 Å². The zero-order chi connectivity index (χ0) is 13.5. The average molecular weight is 483 g/mol. The van der Waals surface area contributed by atoms with Crippen molar-refractivity contribution >= 4 is 31.2 Å². The van der Waals surface area contributed by atoms with Crippen molar-refractivity contribution < 1.29 is 72.7 Å². The van der Waals surface area contributed by atoms with Crippen molar-refractivity contribution in [3.8, 4) is 0 Å². The largest absolute Gasteiger partial charge is 3.00 e. The summed E-state index contributed by atoms with van der Waals surface area (Å²) in [6.07, 6.45) is 0. The molecule has 0 saturated carbocycles. The molecule has 0 rings (SSSR count). The molecule has 0 spiro atoms. The first-order valence-electron chi connectivity index (χ1n) is 2.05. The van der Waals surface area contributed by atoms with Gasteiger partial charge >= 0.3 is 20.1 Å². The second-order valence-corrected chi connectivity index (χ2v) is 3.85. The fourth-order valence-electron chi connectivity index (χ4n) is 0. The van der Waals surface area contributed by atoms with Gasteiger partial charge in [0.15, 0.2) is 0 Å². The quantitative estimate of drug-likeness (QED) is 0.231. The van der Waals surface area contributed by atoms with E-state index in [-0.39, 0.29) is 20.1 Å². The monoisotopic (exact) mass is 484 g/mol. The Bertz CT molecular complexity index is 337. The van der Waals surface area contributed by atoms with Crippen LogP contribution < -0.4 is 0 Å². The van der Waals surface area contributed by atoms with Crippen LogP contribution in [-0.2, 0) is 51.3 Å². The normalized spacial score (nSPS) is 10.9. The van der Waals surface area contributed by atoms with Gasteiger partial charge in [0, 0.05) is 0 Å². The van der Waals surface area contributed by atoms with Crippen LogP contribution in [-0.4, -0.2) is 52.6 Å². The smallest absolute Gasteiger partial charge is 0.726 e. The maximum atomic E-state index is 8.63. The Kier molecular flexibility index (Phi) is 14.7. The van der Waals surface area contributed by atoms with Crippen LogP contribution in [0.25, 0.3) is 0 Å². The van der Waals surface area contributed by atoms with Crippen molar-refractivity contribution in [1.29, 1.82) is 0 Å². The summed E-state index contributed by atoms with van der Waals surface area (Å²) in [4.78, 5) is 0. The molecule has 0 bridgehead atoms. The van der Waals surface area contributed by atoms with E-state index in [9.17, 15) is 0 Å². The van der Waals surface area contributed by atoms with E-state index in [0.717, 1.165) is 0 Å². The topological polar surface area (TPSA) is 232 Å². The summed E-state index contributed by atoms with van der Waals surface area (Å²) in [5.41, 5.74) is 0. The first kappa shape index (κ1) is 25.2. The minimum atomic E-state index is -4.92. The molecule has 12 nitrogen and oxygen atoms in total. The second kappa shape index (κ2) is 9.31. The van der Waals surface area contributed by atoms with Crippen LogP contribution in [0.3, 0.4) is 0 Å². The molecular formula is H3IrO12S3. The Hall–Kier alpha value is 0.259. The van der Waals surface area contributed by atoms with E-state index in [4.69, 9.17) is 52.6 Å². The second-order valence-electron chi connectivity index (χ2n) is 1.28. The van der Waals surface area contributed by atoms with Crippen LogP contribution in [0.2, 0.25) is 0 Å². The van der Waals surface area contributed by atoms with Crippen molar-refractivity contribution in [2.75, 3.05) is 0 Å². The van der Waals surface area contributed by atoms with Gasteiger partial charge in [0.05, 0.1) is 0 Å². The summed E-state index contributed by atoms with van der Waals surface area (Å²) in [5, 5.41) is 0. The molecule has 0 aromatic rings. The molecule has 0 saturated heterocycles. The number of rotatable bonds is 0. The zero-order valence-electron chi connectivity index (χ0n) is 6.57. The molecular weight excluding hydrogens is 480 g/mol. The molecule has 102 valence electrons. The number of hydrogen-bond donors (Lipinski definition) is 3. The average Bonchev–Trinajstić information content (AvgIpc) is 1.41. The minimum absolute atomic E-state index is 0. The fourth-order valence-corrected chi connectivity index (χ4v) is 0. The van der Waals surface area contributed by atoms with Crippen molar-refractivity contribution in [3.63, 3.8) is 0 Å². The van der Waals surface area contributed by atoms with Gasteiger partial charge in [0.1, 0.15) is 0 Å². The molecule has 0 aliphatic carbocycles. The summed E-state index contributed by atoms with van der Waals surface area (Å²) in [6, 6.07) is 0. The van der Waals surface area contributed by atoms with Gasteiger partial charge < -0.3 is 13.7 Å². The van der Waals surface area contributed by atoms with Crippen LogP contribution in [0.4, 0.5) is 0 Å². The Morgan fingerprint density at radius 2 is 0.562 bits per heavy atom. The van der Waals surface area contributed by atoms with Crippen molar-refractivity contribution in [1.82, 2.24) is 0 Å². The Morgan fingerprint density at radius 1 is 0.562 bits per heavy atom. The molecule has 0 fully saturated rings. The van der Waals surface area contributed by atoms with Crippen LogP contribution in [0.15, 0.2) is 0 Å². The van der Waals surface area contributed by atoms with Gasteiger partial charge in [0.25, 0.3) is 0 Å². The van der Waals surface area contributed by atoms with Gasteiger partial charge in [-0.05, 0) is 0 Å². The molecule has 0 atom stereocenters. The van der Waals surface area contributed by atoms with E-state index >= 15 is 0 Å². The molecule has 0 radical (unpaired) electrons. The van der Waals surface area contributed by atoms with Crippen molar-refractivity contribution in [2.24, 2.45) is 0 Å². The third kappa shape index (κ3) is 37300. The van der Waals surface area contributed by atoms with Crippen LogP contribution in [0.5, 0.6) is 0 Å². The third-order valence-electron chi connectivity index (χ3n) is 0. The zero-order valence-corrected chi connectivity index (χ0v) is 11.4. The molecule has 3 N–H and O–H groups in total. The van der Waals surface area contributed by atoms with Crippen LogP contribution in [0.1, 0.15) is 0 Å². The van der Waals surface area contributed by atoms with E-state index < -0.39 is 31.2 Å². The summed E-state index contributed by atoms with van der Waals surface area (Å²) in [7, 11) is -14.7. The molecule has 0 aromatic carbocycles. The first-order valence-corrected chi connectivity index (χ1v) is 6.14. The summed E-state index contributed by atoms with van der Waals surface area (Å²) < 4.78 is 98.5. The van der Waals surface area contributed by atoms with Crippen LogP contribution in [0, 0.1) is 0 Å². The molecule has 0 aromatic heterocycles. The molecule has 0 aliphatic rings. The predicted octanol–water partition coefficient (Wildman–Crippen LogP) is -2.99. The maximum Gasteiger partial charge on any atom is 3.00 e. The minimum Gasteiger partial charge on any atom is -0.726 e. The Labute approximate surface area is 104 Å². The standard InChI is InChI=1S/Ir.3H2O4S/c;3*1-5(2,3)4/h;3*(H2,1,2,3,4)/q+3;;;/p-3. The van der Waals surface area contributed by atoms with Crippen molar-refractivity contribution in [2.45, 2.75) is 0 Å². The third-order valence-corrected chi connectivity index (χ3v) is 0. The fraction of sp³-hybridized carbons (Fsp3) is 0.